The van der Waals surface area contributed by atoms with E-state index in [0.29, 0.717) is 11.1 Å². The molecule has 0 spiro atoms. The average molecular weight is 375 g/mol. The fourth-order valence-corrected chi connectivity index (χ4v) is 4.20. The zero-order chi connectivity index (χ0) is 19.0. The summed E-state index contributed by atoms with van der Waals surface area (Å²) in [7, 11) is -3.91. The van der Waals surface area contributed by atoms with Crippen LogP contribution in [0.3, 0.4) is 0 Å². The van der Waals surface area contributed by atoms with Gasteiger partial charge < -0.3 is 14.4 Å². The smallest absolute Gasteiger partial charge is 0.332 e. The van der Waals surface area contributed by atoms with Crippen molar-refractivity contribution in [2.45, 2.75) is 19.6 Å². The first-order chi connectivity index (χ1) is 12.5. The lowest BCUT2D eigenvalue weighted by Gasteiger charge is -2.26. The maximum atomic E-state index is 13.2. The molecule has 0 saturated carbocycles. The van der Waals surface area contributed by atoms with Crippen LogP contribution in [0.4, 0.5) is 0 Å². The highest BCUT2D eigenvalue weighted by molar-refractivity contribution is 7.55. The summed E-state index contributed by atoms with van der Waals surface area (Å²) in [6.07, 6.45) is 0. The monoisotopic (exact) mass is 375 g/mol. The molecule has 0 fully saturated rings. The summed E-state index contributed by atoms with van der Waals surface area (Å²) in [5.74, 6) is -2.49. The molecule has 0 radical (unpaired) electrons. The van der Waals surface area contributed by atoms with E-state index in [1.54, 1.807) is 74.5 Å². The van der Waals surface area contributed by atoms with Gasteiger partial charge in [0.15, 0.2) is 11.6 Å². The Morgan fingerprint density at radius 2 is 1.35 bits per heavy atom. The van der Waals surface area contributed by atoms with Crippen molar-refractivity contribution in [1.29, 1.82) is 0 Å². The molecule has 0 aromatic heterocycles. The van der Waals surface area contributed by atoms with Gasteiger partial charge in [0.25, 0.3) is 5.91 Å². The highest BCUT2D eigenvalue weighted by Gasteiger charge is 2.42. The van der Waals surface area contributed by atoms with Crippen LogP contribution < -0.4 is 5.32 Å². The van der Waals surface area contributed by atoms with Gasteiger partial charge in [-0.15, -0.1) is 0 Å². The third-order valence-corrected chi connectivity index (χ3v) is 5.78. The zero-order valence-corrected chi connectivity index (χ0v) is 15.6. The van der Waals surface area contributed by atoms with E-state index in [2.05, 4.69) is 5.32 Å². The molecule has 26 heavy (non-hydrogen) atoms. The van der Waals surface area contributed by atoms with Crippen LogP contribution in [0.15, 0.2) is 60.7 Å². The normalized spacial score (nSPS) is 12.4. The second-order valence-electron chi connectivity index (χ2n) is 5.35. The maximum absolute atomic E-state index is 13.2. The summed E-state index contributed by atoms with van der Waals surface area (Å²) in [4.78, 5) is 25.5. The molecule has 0 aliphatic rings. The molecule has 2 aromatic rings. The molecule has 1 unspecified atom stereocenters. The van der Waals surface area contributed by atoms with Crippen LogP contribution in [-0.2, 0) is 13.6 Å². The number of hydrogen-bond donors (Lipinski definition) is 1. The summed E-state index contributed by atoms with van der Waals surface area (Å²) >= 11 is 0. The Morgan fingerprint density at radius 3 is 1.81 bits per heavy atom. The minimum atomic E-state index is -3.91. The Bertz CT molecular complexity index is 769. The summed E-state index contributed by atoms with van der Waals surface area (Å²) < 4.78 is 23.8. The first kappa shape index (κ1) is 20.0. The van der Waals surface area contributed by atoms with Crippen molar-refractivity contribution in [3.05, 3.63) is 71.8 Å². The molecule has 0 saturated heterocycles. The van der Waals surface area contributed by atoms with E-state index in [0.717, 1.165) is 0 Å². The fourth-order valence-electron chi connectivity index (χ4n) is 2.39. The van der Waals surface area contributed by atoms with E-state index < -0.39 is 25.1 Å². The molecule has 0 aliphatic carbocycles. The van der Waals surface area contributed by atoms with E-state index >= 15 is 0 Å². The van der Waals surface area contributed by atoms with Crippen molar-refractivity contribution >= 4 is 19.3 Å². The van der Waals surface area contributed by atoms with Crippen LogP contribution in [0.25, 0.3) is 0 Å². The highest BCUT2D eigenvalue weighted by atomic mass is 31.2. The molecular formula is C19H22NO5P. The largest absolute Gasteiger partial charge is 0.360 e. The number of carbonyl (C=O) groups is 2. The van der Waals surface area contributed by atoms with E-state index in [4.69, 9.17) is 9.05 Å². The van der Waals surface area contributed by atoms with Crippen molar-refractivity contribution in [1.82, 2.24) is 5.32 Å². The van der Waals surface area contributed by atoms with Gasteiger partial charge in [-0.25, -0.2) is 0 Å². The summed E-state index contributed by atoms with van der Waals surface area (Å²) in [5, 5.41) is 2.54. The second-order valence-corrected chi connectivity index (χ2v) is 7.46. The lowest BCUT2D eigenvalue weighted by Crippen LogP contribution is -2.41. The van der Waals surface area contributed by atoms with Crippen molar-refractivity contribution in [3.8, 4) is 0 Å². The first-order valence-corrected chi connectivity index (χ1v) is 9.97. The molecule has 7 heteroatoms. The van der Waals surface area contributed by atoms with E-state index in [1.807, 2.05) is 0 Å². The molecule has 0 bridgehead atoms. The Hall–Kier alpha value is -2.27. The SMILES string of the molecule is CCOP(=O)(OCC)C(NC(=O)c1ccccc1)C(=O)c1ccccc1. The van der Waals surface area contributed by atoms with Gasteiger partial charge in [0.2, 0.25) is 0 Å². The number of benzene rings is 2. The molecule has 0 heterocycles. The van der Waals surface area contributed by atoms with Crippen LogP contribution >= 0.6 is 7.60 Å². The molecule has 1 N–H and O–H groups in total. The molecule has 1 amide bonds. The number of ketones is 1. The predicted molar refractivity (Wildman–Crippen MR) is 99.3 cm³/mol. The van der Waals surface area contributed by atoms with Gasteiger partial charge in [0.05, 0.1) is 13.2 Å². The number of Topliss-reactive ketones (excluding diaryl/α,β-unsaturated/α-hetero) is 1. The second kappa shape index (κ2) is 9.43. The van der Waals surface area contributed by atoms with Crippen molar-refractivity contribution in [3.63, 3.8) is 0 Å². The lowest BCUT2D eigenvalue weighted by molar-refractivity contribution is 0.0865. The minimum Gasteiger partial charge on any atom is -0.332 e. The Kier molecular flexibility index (Phi) is 7.27. The standard InChI is InChI=1S/C19H22NO5P/c1-3-24-26(23,25-4-2)19(17(21)15-11-7-5-8-12-15)20-18(22)16-13-9-6-10-14-16/h5-14,19H,3-4H2,1-2H3,(H,20,22). The van der Waals surface area contributed by atoms with Crippen molar-refractivity contribution in [2.24, 2.45) is 0 Å². The van der Waals surface area contributed by atoms with Gasteiger partial charge in [-0.1, -0.05) is 48.5 Å². The Labute approximate surface area is 153 Å². The van der Waals surface area contributed by atoms with Crippen molar-refractivity contribution in [2.75, 3.05) is 13.2 Å². The number of hydrogen-bond acceptors (Lipinski definition) is 5. The molecule has 2 rings (SSSR count). The third kappa shape index (κ3) is 4.88. The van der Waals surface area contributed by atoms with Gasteiger partial charge in [-0.3, -0.25) is 14.2 Å². The summed E-state index contributed by atoms with van der Waals surface area (Å²) in [6.45, 7) is 3.46. The van der Waals surface area contributed by atoms with E-state index in [1.165, 1.54) is 0 Å². The van der Waals surface area contributed by atoms with Crippen LogP contribution in [0.5, 0.6) is 0 Å². The van der Waals surface area contributed by atoms with Gasteiger partial charge in [-0.05, 0) is 26.0 Å². The molecule has 6 nitrogen and oxygen atoms in total. The first-order valence-electron chi connectivity index (χ1n) is 8.35. The average Bonchev–Trinajstić information content (AvgIpc) is 2.67. The number of amides is 1. The number of nitrogens with one attached hydrogen (secondary N) is 1. The van der Waals surface area contributed by atoms with Gasteiger partial charge in [0, 0.05) is 11.1 Å². The lowest BCUT2D eigenvalue weighted by atomic mass is 10.1. The quantitative estimate of drug-likeness (QED) is 0.531. The summed E-state index contributed by atoms with van der Waals surface area (Å²) in [6, 6.07) is 16.7. The van der Waals surface area contributed by atoms with Gasteiger partial charge in [0.1, 0.15) is 0 Å². The Morgan fingerprint density at radius 1 is 0.885 bits per heavy atom. The van der Waals surface area contributed by atoms with Crippen LogP contribution in [-0.4, -0.2) is 30.7 Å². The highest BCUT2D eigenvalue weighted by Crippen LogP contribution is 2.53. The fraction of sp³-hybridized carbons (Fsp3) is 0.263. The van der Waals surface area contributed by atoms with Crippen molar-refractivity contribution < 1.29 is 23.2 Å². The maximum Gasteiger partial charge on any atom is 0.360 e. The van der Waals surface area contributed by atoms with Gasteiger partial charge in [-0.2, -0.15) is 0 Å². The molecular weight excluding hydrogens is 353 g/mol. The number of carbonyl (C=O) groups excluding carboxylic acids is 2. The Balaban J connectivity index is 2.39. The predicted octanol–water partition coefficient (Wildman–Crippen LogP) is 3.89. The molecule has 138 valence electrons. The third-order valence-electron chi connectivity index (χ3n) is 3.54. The van der Waals surface area contributed by atoms with Crippen LogP contribution in [0.1, 0.15) is 34.6 Å². The summed E-state index contributed by atoms with van der Waals surface area (Å²) in [5.41, 5.74) is 0.656. The molecule has 0 aliphatic heterocycles. The zero-order valence-electron chi connectivity index (χ0n) is 14.8. The van der Waals surface area contributed by atoms with Crippen LogP contribution in [0.2, 0.25) is 0 Å². The molecule has 2 aromatic carbocycles. The van der Waals surface area contributed by atoms with E-state index in [9.17, 15) is 14.2 Å². The van der Waals surface area contributed by atoms with E-state index in [-0.39, 0.29) is 13.2 Å². The topological polar surface area (TPSA) is 81.7 Å². The van der Waals surface area contributed by atoms with Gasteiger partial charge >= 0.3 is 7.60 Å². The number of rotatable bonds is 9. The minimum absolute atomic E-state index is 0.0804. The molecule has 1 atom stereocenters. The van der Waals surface area contributed by atoms with Crippen LogP contribution in [0, 0.1) is 0 Å².